The van der Waals surface area contributed by atoms with Crippen LogP contribution in [0.4, 0.5) is 0 Å². The highest BCUT2D eigenvalue weighted by Crippen LogP contribution is 2.21. The lowest BCUT2D eigenvalue weighted by Gasteiger charge is -2.27. The van der Waals surface area contributed by atoms with Gasteiger partial charge in [-0.15, -0.1) is 0 Å². The number of amides is 1. The Balaban J connectivity index is 1.55. The van der Waals surface area contributed by atoms with Crippen molar-refractivity contribution < 1.29 is 4.79 Å². The van der Waals surface area contributed by atoms with E-state index in [-0.39, 0.29) is 5.82 Å². The quantitative estimate of drug-likeness (QED) is 0.803. The van der Waals surface area contributed by atoms with Crippen molar-refractivity contribution in [2.75, 3.05) is 6.54 Å². The SMILES string of the molecule is NC(=O)c1n[c]c2c(n1)CN(Cc1ccc3ccccc3c1)CC2. The summed E-state index contributed by atoms with van der Waals surface area (Å²) in [5, 5.41) is 2.50. The fourth-order valence-corrected chi connectivity index (χ4v) is 3.14. The van der Waals surface area contributed by atoms with Gasteiger partial charge >= 0.3 is 0 Å². The lowest BCUT2D eigenvalue weighted by atomic mass is 10.0. The number of rotatable bonds is 3. The number of hydrogen-bond acceptors (Lipinski definition) is 4. The molecule has 24 heavy (non-hydrogen) atoms. The predicted octanol–water partition coefficient (Wildman–Crippen LogP) is 2.09. The van der Waals surface area contributed by atoms with Gasteiger partial charge in [-0.3, -0.25) is 9.69 Å². The molecule has 4 rings (SSSR count). The minimum absolute atomic E-state index is 0.0429. The van der Waals surface area contributed by atoms with E-state index in [2.05, 4.69) is 63.5 Å². The Bertz CT molecular complexity index is 922. The molecule has 0 unspecified atom stereocenters. The fraction of sp³-hybridized carbons (Fsp3) is 0.211. The normalized spacial score (nSPS) is 14.5. The standard InChI is InChI=1S/C19H17N4O/c20-18(24)19-21-10-16-7-8-23(12-17(16)22-19)11-13-5-6-14-3-1-2-4-15(14)9-13/h1-6,9H,7-8,11-12H2,(H2,20,24). The van der Waals surface area contributed by atoms with Gasteiger partial charge in [-0.25, -0.2) is 9.97 Å². The first-order chi connectivity index (χ1) is 11.7. The van der Waals surface area contributed by atoms with Crippen LogP contribution in [0, 0.1) is 6.20 Å². The van der Waals surface area contributed by atoms with Gasteiger partial charge in [-0.05, 0) is 28.8 Å². The van der Waals surface area contributed by atoms with Crippen LogP contribution in [0.15, 0.2) is 42.5 Å². The van der Waals surface area contributed by atoms with Crippen LogP contribution < -0.4 is 5.73 Å². The Morgan fingerprint density at radius 3 is 2.88 bits per heavy atom. The van der Waals surface area contributed by atoms with Gasteiger partial charge in [-0.2, -0.15) is 0 Å². The van der Waals surface area contributed by atoms with E-state index in [1.54, 1.807) is 0 Å². The molecule has 5 heteroatoms. The van der Waals surface area contributed by atoms with Gasteiger partial charge in [-0.1, -0.05) is 36.4 Å². The zero-order valence-electron chi connectivity index (χ0n) is 13.2. The molecule has 1 aliphatic rings. The Morgan fingerprint density at radius 1 is 1.21 bits per heavy atom. The average Bonchev–Trinajstić information content (AvgIpc) is 2.61. The van der Waals surface area contributed by atoms with Gasteiger partial charge in [0.25, 0.3) is 5.91 Å². The summed E-state index contributed by atoms with van der Waals surface area (Å²) >= 11 is 0. The molecule has 0 saturated heterocycles. The number of nitrogens with two attached hydrogens (primary N) is 1. The molecule has 2 heterocycles. The molecular formula is C19H17N4O. The summed E-state index contributed by atoms with van der Waals surface area (Å²) in [5.74, 6) is -0.568. The van der Waals surface area contributed by atoms with Crippen LogP contribution in [0.25, 0.3) is 10.8 Å². The molecule has 1 amide bonds. The molecule has 0 aliphatic carbocycles. The zero-order chi connectivity index (χ0) is 16.5. The first kappa shape index (κ1) is 14.8. The molecule has 1 aromatic heterocycles. The Labute approximate surface area is 140 Å². The van der Waals surface area contributed by atoms with Crippen molar-refractivity contribution in [1.82, 2.24) is 14.9 Å². The molecule has 1 aliphatic heterocycles. The largest absolute Gasteiger partial charge is 0.363 e. The van der Waals surface area contributed by atoms with E-state index in [4.69, 9.17) is 5.73 Å². The van der Waals surface area contributed by atoms with E-state index in [1.807, 2.05) is 0 Å². The summed E-state index contributed by atoms with van der Waals surface area (Å²) in [6, 6.07) is 14.9. The first-order valence-corrected chi connectivity index (χ1v) is 7.96. The Hall–Kier alpha value is -2.79. The Morgan fingerprint density at radius 2 is 2.04 bits per heavy atom. The summed E-state index contributed by atoms with van der Waals surface area (Å²) in [7, 11) is 0. The van der Waals surface area contributed by atoms with Gasteiger partial charge in [0.05, 0.1) is 11.9 Å². The van der Waals surface area contributed by atoms with Gasteiger partial charge in [0.1, 0.15) is 0 Å². The van der Waals surface area contributed by atoms with Crippen molar-refractivity contribution in [2.45, 2.75) is 19.5 Å². The van der Waals surface area contributed by atoms with Gasteiger partial charge < -0.3 is 5.73 Å². The van der Waals surface area contributed by atoms with Crippen LogP contribution in [-0.2, 0) is 19.5 Å². The van der Waals surface area contributed by atoms with Crippen molar-refractivity contribution >= 4 is 16.7 Å². The third-order valence-electron chi connectivity index (χ3n) is 4.38. The average molecular weight is 317 g/mol. The lowest BCUT2D eigenvalue weighted by molar-refractivity contribution is 0.0989. The minimum atomic E-state index is -0.610. The van der Waals surface area contributed by atoms with Crippen LogP contribution >= 0.6 is 0 Å². The molecule has 3 aromatic rings. The maximum Gasteiger partial charge on any atom is 0.286 e. The van der Waals surface area contributed by atoms with E-state index in [1.165, 1.54) is 16.3 Å². The molecule has 0 spiro atoms. The van der Waals surface area contributed by atoms with Crippen molar-refractivity contribution in [3.8, 4) is 0 Å². The third-order valence-corrected chi connectivity index (χ3v) is 4.38. The Kier molecular flexibility index (Phi) is 3.70. The zero-order valence-corrected chi connectivity index (χ0v) is 13.2. The van der Waals surface area contributed by atoms with Crippen molar-refractivity contribution in [2.24, 2.45) is 5.73 Å². The van der Waals surface area contributed by atoms with E-state index in [9.17, 15) is 4.79 Å². The second-order valence-electron chi connectivity index (χ2n) is 6.09. The maximum atomic E-state index is 11.2. The second-order valence-corrected chi connectivity index (χ2v) is 6.09. The summed E-state index contributed by atoms with van der Waals surface area (Å²) in [4.78, 5) is 21.8. The van der Waals surface area contributed by atoms with Crippen molar-refractivity contribution in [3.05, 3.63) is 71.3 Å². The molecule has 119 valence electrons. The number of aromatic nitrogens is 2. The minimum Gasteiger partial charge on any atom is -0.363 e. The molecule has 0 fully saturated rings. The number of carbonyl (C=O) groups excluding carboxylic acids is 1. The van der Waals surface area contributed by atoms with E-state index in [0.29, 0.717) is 6.54 Å². The highest BCUT2D eigenvalue weighted by Gasteiger charge is 2.20. The van der Waals surface area contributed by atoms with Crippen LogP contribution in [0.3, 0.4) is 0 Å². The lowest BCUT2D eigenvalue weighted by Crippen LogP contribution is -2.32. The van der Waals surface area contributed by atoms with Crippen LogP contribution in [0.5, 0.6) is 0 Å². The first-order valence-electron chi connectivity index (χ1n) is 7.96. The summed E-state index contributed by atoms with van der Waals surface area (Å²) in [6.07, 6.45) is 3.74. The van der Waals surface area contributed by atoms with Gasteiger partial charge in [0.2, 0.25) is 5.82 Å². The molecule has 0 saturated carbocycles. The van der Waals surface area contributed by atoms with Crippen LogP contribution in [0.2, 0.25) is 0 Å². The molecular weight excluding hydrogens is 300 g/mol. The number of carbonyl (C=O) groups is 1. The molecule has 1 radical (unpaired) electrons. The fourth-order valence-electron chi connectivity index (χ4n) is 3.14. The third kappa shape index (κ3) is 2.86. The van der Waals surface area contributed by atoms with E-state index >= 15 is 0 Å². The highest BCUT2D eigenvalue weighted by molar-refractivity contribution is 5.88. The number of primary amides is 1. The molecule has 0 bridgehead atoms. The number of hydrogen-bond donors (Lipinski definition) is 1. The van der Waals surface area contributed by atoms with Gasteiger partial charge in [0.15, 0.2) is 0 Å². The van der Waals surface area contributed by atoms with E-state index in [0.717, 1.165) is 30.8 Å². The van der Waals surface area contributed by atoms with Gasteiger partial charge in [0, 0.05) is 25.2 Å². The summed E-state index contributed by atoms with van der Waals surface area (Å²) in [5.41, 5.74) is 8.36. The molecule has 2 aromatic carbocycles. The predicted molar refractivity (Wildman–Crippen MR) is 91.2 cm³/mol. The topological polar surface area (TPSA) is 72.1 Å². The second kappa shape index (κ2) is 6.02. The number of benzene rings is 2. The van der Waals surface area contributed by atoms with Crippen molar-refractivity contribution in [3.63, 3.8) is 0 Å². The monoisotopic (exact) mass is 317 g/mol. The summed E-state index contributed by atoms with van der Waals surface area (Å²) in [6.45, 7) is 2.46. The smallest absolute Gasteiger partial charge is 0.286 e. The highest BCUT2D eigenvalue weighted by atomic mass is 16.1. The maximum absolute atomic E-state index is 11.2. The molecule has 2 N–H and O–H groups in total. The van der Waals surface area contributed by atoms with Crippen LogP contribution in [0.1, 0.15) is 27.4 Å². The number of fused-ring (bicyclic) bond motifs is 2. The number of nitrogens with zero attached hydrogens (tertiary/aromatic N) is 3. The molecule has 5 nitrogen and oxygen atoms in total. The summed E-state index contributed by atoms with van der Waals surface area (Å²) < 4.78 is 0. The van der Waals surface area contributed by atoms with E-state index < -0.39 is 5.91 Å². The van der Waals surface area contributed by atoms with Crippen LogP contribution in [-0.4, -0.2) is 27.3 Å². The van der Waals surface area contributed by atoms with Crippen molar-refractivity contribution in [1.29, 1.82) is 0 Å². The molecule has 0 atom stereocenters.